The molecule has 0 radical (unpaired) electrons. The highest BCUT2D eigenvalue weighted by atomic mass is 32.2. The van der Waals surface area contributed by atoms with E-state index in [1.807, 2.05) is 23.9 Å². The molecular formula is C30H30N3S+. The first-order valence-electron chi connectivity index (χ1n) is 12.0. The molecule has 1 fully saturated rings. The SMILES string of the molecule is CC(C)CC[N+]1=C(/C=C2\SC3C=CC=CC3N2C)/C(=C\c2ccccc2)c2cc(C#N)ccc21. The van der Waals surface area contributed by atoms with Gasteiger partial charge in [0.25, 0.3) is 0 Å². The maximum atomic E-state index is 9.61. The third-order valence-electron chi connectivity index (χ3n) is 6.68. The summed E-state index contributed by atoms with van der Waals surface area (Å²) >= 11 is 1.93. The third kappa shape index (κ3) is 4.29. The topological polar surface area (TPSA) is 30.0 Å². The number of allylic oxidation sites excluding steroid dienone is 4. The van der Waals surface area contributed by atoms with Crippen molar-refractivity contribution in [3.8, 4) is 6.07 Å². The molecule has 4 heteroatoms. The fraction of sp³-hybridized carbons (Fsp3) is 0.267. The summed E-state index contributed by atoms with van der Waals surface area (Å²) in [6, 6.07) is 19.3. The first kappa shape index (κ1) is 22.5. The van der Waals surface area contributed by atoms with Gasteiger partial charge < -0.3 is 4.90 Å². The van der Waals surface area contributed by atoms with Crippen molar-refractivity contribution in [2.24, 2.45) is 5.92 Å². The Balaban J connectivity index is 1.67. The summed E-state index contributed by atoms with van der Waals surface area (Å²) in [5.41, 5.74) is 6.60. The van der Waals surface area contributed by atoms with Crippen LogP contribution in [0.15, 0.2) is 83.9 Å². The van der Waals surface area contributed by atoms with Crippen LogP contribution in [0.25, 0.3) is 11.6 Å². The van der Waals surface area contributed by atoms with E-state index in [2.05, 4.69) is 109 Å². The van der Waals surface area contributed by atoms with Gasteiger partial charge in [0.15, 0.2) is 0 Å². The highest BCUT2D eigenvalue weighted by Gasteiger charge is 2.38. The second-order valence-electron chi connectivity index (χ2n) is 9.47. The van der Waals surface area contributed by atoms with Crippen LogP contribution >= 0.6 is 11.8 Å². The molecule has 1 aliphatic carbocycles. The number of benzene rings is 2. The standard InChI is InChI=1S/C30H30N3S/c1-21(2)15-16-33-26-14-13-23(20-31)18-24(26)25(17-22-9-5-4-6-10-22)28(33)19-30-32(3)27-11-7-8-12-29(27)34-30/h4-14,17-19,21,27,29H,15-16H2,1-3H3/q+1/b25-17-. The van der Waals surface area contributed by atoms with Crippen molar-refractivity contribution in [2.75, 3.05) is 13.6 Å². The number of nitriles is 1. The molecule has 34 heavy (non-hydrogen) atoms. The molecule has 0 amide bonds. The van der Waals surface area contributed by atoms with E-state index in [4.69, 9.17) is 0 Å². The summed E-state index contributed by atoms with van der Waals surface area (Å²) in [5.74, 6) is 0.611. The Labute approximate surface area is 207 Å². The Morgan fingerprint density at radius 2 is 1.88 bits per heavy atom. The smallest absolute Gasteiger partial charge is 0.216 e. The van der Waals surface area contributed by atoms with Gasteiger partial charge in [-0.25, -0.2) is 0 Å². The van der Waals surface area contributed by atoms with Crippen LogP contribution in [0, 0.1) is 17.2 Å². The van der Waals surface area contributed by atoms with Gasteiger partial charge in [-0.15, -0.1) is 0 Å². The van der Waals surface area contributed by atoms with Gasteiger partial charge in [0.1, 0.15) is 6.54 Å². The predicted octanol–water partition coefficient (Wildman–Crippen LogP) is 6.63. The largest absolute Gasteiger partial charge is 0.361 e. The van der Waals surface area contributed by atoms with E-state index < -0.39 is 0 Å². The van der Waals surface area contributed by atoms with Gasteiger partial charge >= 0.3 is 0 Å². The van der Waals surface area contributed by atoms with Crippen molar-refractivity contribution in [3.63, 3.8) is 0 Å². The molecule has 0 bridgehead atoms. The molecule has 0 spiro atoms. The van der Waals surface area contributed by atoms with Crippen molar-refractivity contribution in [2.45, 2.75) is 31.6 Å². The predicted molar refractivity (Wildman–Crippen MR) is 144 cm³/mol. The summed E-state index contributed by atoms with van der Waals surface area (Å²) < 4.78 is 2.46. The van der Waals surface area contributed by atoms with Crippen LogP contribution in [-0.4, -0.2) is 40.1 Å². The summed E-state index contributed by atoms with van der Waals surface area (Å²) in [5, 5.41) is 11.3. The molecule has 3 nitrogen and oxygen atoms in total. The van der Waals surface area contributed by atoms with Gasteiger partial charge in [0.05, 0.1) is 39.1 Å². The van der Waals surface area contributed by atoms with Crippen molar-refractivity contribution >= 4 is 34.8 Å². The highest BCUT2D eigenvalue weighted by molar-refractivity contribution is 8.04. The quantitative estimate of drug-likeness (QED) is 0.465. The lowest BCUT2D eigenvalue weighted by molar-refractivity contribution is -0.437. The van der Waals surface area contributed by atoms with Gasteiger partial charge in [-0.3, -0.25) is 0 Å². The lowest BCUT2D eigenvalue weighted by Crippen LogP contribution is -2.29. The van der Waals surface area contributed by atoms with E-state index in [1.165, 1.54) is 27.6 Å². The lowest BCUT2D eigenvalue weighted by Gasteiger charge is -2.22. The number of nitrogens with zero attached hydrogens (tertiary/aromatic N) is 3. The first-order valence-corrected chi connectivity index (χ1v) is 12.9. The van der Waals surface area contributed by atoms with E-state index in [-0.39, 0.29) is 0 Å². The van der Waals surface area contributed by atoms with Crippen LogP contribution in [0.4, 0.5) is 5.69 Å². The number of thioether (sulfide) groups is 1. The lowest BCUT2D eigenvalue weighted by atomic mass is 9.98. The molecule has 5 rings (SSSR count). The molecule has 1 saturated heterocycles. The average Bonchev–Trinajstić information content (AvgIpc) is 3.32. The van der Waals surface area contributed by atoms with Gasteiger partial charge in [-0.1, -0.05) is 80.2 Å². The molecule has 2 atom stereocenters. The van der Waals surface area contributed by atoms with Crippen LogP contribution in [0.5, 0.6) is 0 Å². The van der Waals surface area contributed by atoms with Crippen LogP contribution in [0.1, 0.15) is 37.0 Å². The van der Waals surface area contributed by atoms with Gasteiger partial charge in [0.2, 0.25) is 11.4 Å². The van der Waals surface area contributed by atoms with Crippen LogP contribution < -0.4 is 0 Å². The highest BCUT2D eigenvalue weighted by Crippen LogP contribution is 2.43. The second kappa shape index (κ2) is 9.52. The zero-order valence-corrected chi connectivity index (χ0v) is 20.8. The minimum Gasteiger partial charge on any atom is -0.361 e. The molecule has 0 N–H and O–H groups in total. The summed E-state index contributed by atoms with van der Waals surface area (Å²) in [4.78, 5) is 2.40. The maximum Gasteiger partial charge on any atom is 0.216 e. The molecule has 2 unspecified atom stereocenters. The Kier molecular flexibility index (Phi) is 6.30. The number of hydrogen-bond donors (Lipinski definition) is 0. The Morgan fingerprint density at radius 1 is 1.09 bits per heavy atom. The Morgan fingerprint density at radius 3 is 2.62 bits per heavy atom. The fourth-order valence-corrected chi connectivity index (χ4v) is 6.11. The van der Waals surface area contributed by atoms with Crippen molar-refractivity contribution in [1.29, 1.82) is 5.26 Å². The van der Waals surface area contributed by atoms with E-state index in [0.717, 1.165) is 18.5 Å². The van der Waals surface area contributed by atoms with Crippen molar-refractivity contribution in [1.82, 2.24) is 4.90 Å². The monoisotopic (exact) mass is 464 g/mol. The van der Waals surface area contributed by atoms with E-state index in [0.29, 0.717) is 22.8 Å². The molecule has 2 aromatic rings. The van der Waals surface area contributed by atoms with Crippen molar-refractivity contribution in [3.05, 3.63) is 101 Å². The molecule has 0 aromatic heterocycles. The molecular weight excluding hydrogens is 434 g/mol. The summed E-state index contributed by atoms with van der Waals surface area (Å²) in [6.45, 7) is 5.50. The molecule has 0 saturated carbocycles. The number of fused-ring (bicyclic) bond motifs is 2. The maximum absolute atomic E-state index is 9.61. The minimum absolute atomic E-state index is 0.390. The Hall–Kier alpha value is -3.29. The number of rotatable bonds is 5. The summed E-state index contributed by atoms with van der Waals surface area (Å²) in [6.07, 6.45) is 14.6. The van der Waals surface area contributed by atoms with E-state index in [9.17, 15) is 5.26 Å². The van der Waals surface area contributed by atoms with Gasteiger partial charge in [-0.05, 0) is 29.7 Å². The van der Waals surface area contributed by atoms with Crippen LogP contribution in [0.2, 0.25) is 0 Å². The molecule has 3 aliphatic rings. The zero-order valence-electron chi connectivity index (χ0n) is 20.0. The van der Waals surface area contributed by atoms with Crippen LogP contribution in [-0.2, 0) is 0 Å². The van der Waals surface area contributed by atoms with E-state index in [1.54, 1.807) is 0 Å². The van der Waals surface area contributed by atoms with Crippen molar-refractivity contribution < 1.29 is 4.58 Å². The normalized spacial score (nSPS) is 23.2. The number of hydrogen-bond acceptors (Lipinski definition) is 3. The number of likely N-dealkylation sites (N-methyl/N-ethyl adjacent to an activating group) is 1. The zero-order chi connectivity index (χ0) is 23.7. The van der Waals surface area contributed by atoms with Gasteiger partial charge in [0, 0.05) is 25.6 Å². The van der Waals surface area contributed by atoms with Crippen LogP contribution in [0.3, 0.4) is 0 Å². The average molecular weight is 465 g/mol. The van der Waals surface area contributed by atoms with E-state index >= 15 is 0 Å². The molecule has 2 heterocycles. The molecule has 170 valence electrons. The molecule has 2 aromatic carbocycles. The first-order chi connectivity index (χ1) is 16.5. The Bertz CT molecular complexity index is 1290. The fourth-order valence-electron chi connectivity index (χ4n) is 4.78. The molecule has 2 aliphatic heterocycles. The third-order valence-corrected chi connectivity index (χ3v) is 8.04. The summed E-state index contributed by atoms with van der Waals surface area (Å²) in [7, 11) is 2.20. The second-order valence-corrected chi connectivity index (χ2v) is 10.7. The van der Waals surface area contributed by atoms with Gasteiger partial charge in [-0.2, -0.15) is 9.84 Å². The minimum atomic E-state index is 0.390.